The molecule has 20 heavy (non-hydrogen) atoms. The van der Waals surface area contributed by atoms with Crippen molar-refractivity contribution in [2.45, 2.75) is 65.1 Å². The standard InChI is InChI=1S/C16H27N3O/c1-3-8-17-16-11-18-14(10-19-16)12-20-15-7-5-6-13(4-2)9-15/h10-11,13,15H,3-9,12H2,1-2H3,(H,17,19). The maximum Gasteiger partial charge on any atom is 0.144 e. The lowest BCUT2D eigenvalue weighted by Gasteiger charge is -2.28. The molecule has 1 N–H and O–H groups in total. The Morgan fingerprint density at radius 1 is 1.25 bits per heavy atom. The molecule has 2 atom stereocenters. The quantitative estimate of drug-likeness (QED) is 0.824. The Morgan fingerprint density at radius 2 is 2.15 bits per heavy atom. The molecule has 1 aliphatic rings. The van der Waals surface area contributed by atoms with Gasteiger partial charge >= 0.3 is 0 Å². The zero-order valence-electron chi connectivity index (χ0n) is 12.8. The van der Waals surface area contributed by atoms with Crippen LogP contribution < -0.4 is 5.32 Å². The van der Waals surface area contributed by atoms with Gasteiger partial charge in [0.05, 0.1) is 30.8 Å². The summed E-state index contributed by atoms with van der Waals surface area (Å²) in [4.78, 5) is 8.76. The van der Waals surface area contributed by atoms with E-state index in [1.165, 1.54) is 32.1 Å². The highest BCUT2D eigenvalue weighted by atomic mass is 16.5. The molecule has 0 bridgehead atoms. The van der Waals surface area contributed by atoms with E-state index in [1.807, 2.05) is 6.20 Å². The lowest BCUT2D eigenvalue weighted by molar-refractivity contribution is 0.000239. The third-order valence-electron chi connectivity index (χ3n) is 4.04. The van der Waals surface area contributed by atoms with E-state index in [1.54, 1.807) is 6.20 Å². The van der Waals surface area contributed by atoms with Gasteiger partial charge in [-0.1, -0.05) is 33.1 Å². The molecule has 0 spiro atoms. The number of anilines is 1. The number of rotatable bonds is 7. The molecule has 2 rings (SSSR count). The minimum absolute atomic E-state index is 0.411. The van der Waals surface area contributed by atoms with Crippen LogP contribution in [0.3, 0.4) is 0 Å². The molecule has 0 aliphatic heterocycles. The molecule has 0 amide bonds. The van der Waals surface area contributed by atoms with Crippen molar-refractivity contribution in [2.24, 2.45) is 5.92 Å². The summed E-state index contributed by atoms with van der Waals surface area (Å²) in [5.41, 5.74) is 0.922. The molecule has 1 aromatic rings. The highest BCUT2D eigenvalue weighted by Crippen LogP contribution is 2.28. The van der Waals surface area contributed by atoms with E-state index >= 15 is 0 Å². The van der Waals surface area contributed by atoms with Gasteiger partial charge < -0.3 is 10.1 Å². The second kappa shape index (κ2) is 8.20. The fraction of sp³-hybridized carbons (Fsp3) is 0.750. The molecule has 1 heterocycles. The molecule has 1 aliphatic carbocycles. The Labute approximate surface area is 122 Å². The topological polar surface area (TPSA) is 47.0 Å². The van der Waals surface area contributed by atoms with Crippen LogP contribution in [0.1, 0.15) is 58.1 Å². The summed E-state index contributed by atoms with van der Waals surface area (Å²) in [6, 6.07) is 0. The van der Waals surface area contributed by atoms with Crippen molar-refractivity contribution in [1.82, 2.24) is 9.97 Å². The number of hydrogen-bond acceptors (Lipinski definition) is 4. The zero-order valence-corrected chi connectivity index (χ0v) is 12.8. The van der Waals surface area contributed by atoms with E-state index < -0.39 is 0 Å². The predicted octanol–water partition coefficient (Wildman–Crippen LogP) is 3.78. The first-order chi connectivity index (χ1) is 9.81. The van der Waals surface area contributed by atoms with Crippen LogP contribution >= 0.6 is 0 Å². The van der Waals surface area contributed by atoms with Crippen molar-refractivity contribution in [3.05, 3.63) is 18.1 Å². The predicted molar refractivity (Wildman–Crippen MR) is 81.6 cm³/mol. The van der Waals surface area contributed by atoms with Crippen LogP contribution in [0.2, 0.25) is 0 Å². The maximum absolute atomic E-state index is 6.00. The second-order valence-corrected chi connectivity index (χ2v) is 5.69. The first-order valence-electron chi connectivity index (χ1n) is 7.98. The summed E-state index contributed by atoms with van der Waals surface area (Å²) in [7, 11) is 0. The van der Waals surface area contributed by atoms with Crippen molar-refractivity contribution in [1.29, 1.82) is 0 Å². The number of nitrogens with zero attached hydrogens (tertiary/aromatic N) is 2. The molecule has 4 heteroatoms. The van der Waals surface area contributed by atoms with Crippen LogP contribution in [-0.2, 0) is 11.3 Å². The SMILES string of the molecule is CCCNc1cnc(COC2CCCC(CC)C2)cn1. The minimum Gasteiger partial charge on any atom is -0.372 e. The largest absolute Gasteiger partial charge is 0.372 e. The number of hydrogen-bond donors (Lipinski definition) is 1. The van der Waals surface area contributed by atoms with Crippen LogP contribution in [-0.4, -0.2) is 22.6 Å². The van der Waals surface area contributed by atoms with E-state index in [0.29, 0.717) is 12.7 Å². The van der Waals surface area contributed by atoms with Gasteiger partial charge in [0, 0.05) is 6.54 Å². The molecule has 0 aromatic carbocycles. The number of nitrogens with one attached hydrogen (secondary N) is 1. The molecular weight excluding hydrogens is 250 g/mol. The van der Waals surface area contributed by atoms with Gasteiger partial charge in [-0.3, -0.25) is 4.98 Å². The highest BCUT2D eigenvalue weighted by Gasteiger charge is 2.21. The average molecular weight is 277 g/mol. The van der Waals surface area contributed by atoms with Gasteiger partial charge in [-0.05, 0) is 25.2 Å². The van der Waals surface area contributed by atoms with Crippen molar-refractivity contribution < 1.29 is 4.74 Å². The third kappa shape index (κ3) is 4.75. The normalized spacial score (nSPS) is 22.7. The molecule has 2 unspecified atom stereocenters. The molecule has 112 valence electrons. The lowest BCUT2D eigenvalue weighted by atomic mass is 9.85. The first-order valence-corrected chi connectivity index (χ1v) is 7.98. The van der Waals surface area contributed by atoms with E-state index in [2.05, 4.69) is 29.1 Å². The molecule has 4 nitrogen and oxygen atoms in total. The maximum atomic E-state index is 6.00. The highest BCUT2D eigenvalue weighted by molar-refractivity contribution is 5.30. The van der Waals surface area contributed by atoms with Crippen LogP contribution in [0.4, 0.5) is 5.82 Å². The van der Waals surface area contributed by atoms with Crippen LogP contribution in [0.15, 0.2) is 12.4 Å². The van der Waals surface area contributed by atoms with Crippen LogP contribution in [0, 0.1) is 5.92 Å². The fourth-order valence-electron chi connectivity index (χ4n) is 2.74. The fourth-order valence-corrected chi connectivity index (χ4v) is 2.74. The van der Waals surface area contributed by atoms with Gasteiger partial charge in [-0.25, -0.2) is 4.98 Å². The Hall–Kier alpha value is -1.16. The van der Waals surface area contributed by atoms with E-state index in [9.17, 15) is 0 Å². The Balaban J connectivity index is 1.75. The minimum atomic E-state index is 0.411. The van der Waals surface area contributed by atoms with Gasteiger partial charge in [0.15, 0.2) is 0 Å². The molecule has 1 fully saturated rings. The summed E-state index contributed by atoms with van der Waals surface area (Å²) in [5.74, 6) is 1.69. The van der Waals surface area contributed by atoms with Gasteiger partial charge in [0.25, 0.3) is 0 Å². The average Bonchev–Trinajstić information content (AvgIpc) is 2.52. The molecule has 1 saturated carbocycles. The first kappa shape index (κ1) is 15.2. The van der Waals surface area contributed by atoms with Crippen LogP contribution in [0.5, 0.6) is 0 Å². The molecular formula is C16H27N3O. The molecule has 0 radical (unpaired) electrons. The summed E-state index contributed by atoms with van der Waals surface area (Å²) in [6.45, 7) is 5.93. The smallest absolute Gasteiger partial charge is 0.144 e. The van der Waals surface area contributed by atoms with Crippen molar-refractivity contribution in [2.75, 3.05) is 11.9 Å². The number of ether oxygens (including phenoxy) is 1. The molecule has 1 aromatic heterocycles. The van der Waals surface area contributed by atoms with Crippen LogP contribution in [0.25, 0.3) is 0 Å². The monoisotopic (exact) mass is 277 g/mol. The van der Waals surface area contributed by atoms with Crippen molar-refractivity contribution in [3.63, 3.8) is 0 Å². The summed E-state index contributed by atoms with van der Waals surface area (Å²) in [5, 5.41) is 3.23. The van der Waals surface area contributed by atoms with Crippen molar-refractivity contribution >= 4 is 5.82 Å². The Morgan fingerprint density at radius 3 is 2.85 bits per heavy atom. The van der Waals surface area contributed by atoms with E-state index in [-0.39, 0.29) is 0 Å². The van der Waals surface area contributed by atoms with E-state index in [0.717, 1.165) is 30.4 Å². The Bertz CT molecular complexity index is 380. The summed E-state index contributed by atoms with van der Waals surface area (Å²) in [6.07, 6.45) is 11.5. The van der Waals surface area contributed by atoms with Gasteiger partial charge in [0.2, 0.25) is 0 Å². The van der Waals surface area contributed by atoms with Gasteiger partial charge in [0.1, 0.15) is 5.82 Å². The summed E-state index contributed by atoms with van der Waals surface area (Å²) < 4.78 is 6.00. The zero-order chi connectivity index (χ0) is 14.2. The van der Waals surface area contributed by atoms with Crippen molar-refractivity contribution in [3.8, 4) is 0 Å². The lowest BCUT2D eigenvalue weighted by Crippen LogP contribution is -2.22. The third-order valence-corrected chi connectivity index (χ3v) is 4.04. The Kier molecular flexibility index (Phi) is 6.25. The second-order valence-electron chi connectivity index (χ2n) is 5.69. The molecule has 0 saturated heterocycles. The van der Waals surface area contributed by atoms with E-state index in [4.69, 9.17) is 4.74 Å². The van der Waals surface area contributed by atoms with Gasteiger partial charge in [-0.15, -0.1) is 0 Å². The summed E-state index contributed by atoms with van der Waals surface area (Å²) >= 11 is 0. The number of aromatic nitrogens is 2. The van der Waals surface area contributed by atoms with Gasteiger partial charge in [-0.2, -0.15) is 0 Å².